The first-order chi connectivity index (χ1) is 12.4. The molecule has 0 nitrogen and oxygen atoms in total. The van der Waals surface area contributed by atoms with E-state index in [-0.39, 0.29) is 0 Å². The SMILES string of the molecule is C1=Cc2ccc3c(C/C=C/c4ccccc4)ccc4c3c2C(=CC4)C1. The Morgan fingerprint density at radius 1 is 0.880 bits per heavy atom. The smallest absolute Gasteiger partial charge is 0.00645 e. The summed E-state index contributed by atoms with van der Waals surface area (Å²) in [5, 5.41) is 2.92. The predicted molar refractivity (Wildman–Crippen MR) is 108 cm³/mol. The van der Waals surface area contributed by atoms with Crippen LogP contribution in [-0.4, -0.2) is 0 Å². The van der Waals surface area contributed by atoms with Crippen molar-refractivity contribution in [1.29, 1.82) is 0 Å². The second-order valence-corrected chi connectivity index (χ2v) is 6.89. The highest BCUT2D eigenvalue weighted by Gasteiger charge is 2.20. The average Bonchev–Trinajstić information content (AvgIpc) is 2.68. The maximum Gasteiger partial charge on any atom is -0.00645 e. The van der Waals surface area contributed by atoms with Gasteiger partial charge in [0.2, 0.25) is 0 Å². The molecule has 0 spiro atoms. The molecule has 0 amide bonds. The first-order valence-electron chi connectivity index (χ1n) is 9.05. The molecule has 0 aliphatic heterocycles. The molecule has 120 valence electrons. The Morgan fingerprint density at radius 2 is 1.80 bits per heavy atom. The third-order valence-electron chi connectivity index (χ3n) is 5.36. The molecule has 0 saturated carbocycles. The van der Waals surface area contributed by atoms with Gasteiger partial charge in [0.25, 0.3) is 0 Å². The maximum absolute atomic E-state index is 2.42. The molecule has 2 aliphatic carbocycles. The summed E-state index contributed by atoms with van der Waals surface area (Å²) in [6.07, 6.45) is 14.6. The van der Waals surface area contributed by atoms with Crippen molar-refractivity contribution in [2.45, 2.75) is 19.3 Å². The molecule has 0 heteroatoms. The van der Waals surface area contributed by atoms with Crippen LogP contribution in [0.25, 0.3) is 28.5 Å². The maximum atomic E-state index is 2.42. The topological polar surface area (TPSA) is 0 Å². The van der Waals surface area contributed by atoms with Gasteiger partial charge in [-0.15, -0.1) is 0 Å². The summed E-state index contributed by atoms with van der Waals surface area (Å²) in [4.78, 5) is 0. The Labute approximate surface area is 148 Å². The third kappa shape index (κ3) is 2.46. The predicted octanol–water partition coefficient (Wildman–Crippen LogP) is 6.45. The highest BCUT2D eigenvalue weighted by molar-refractivity contribution is 6.03. The number of hydrogen-bond acceptors (Lipinski definition) is 0. The molecule has 0 unspecified atom stereocenters. The number of rotatable bonds is 3. The zero-order valence-corrected chi connectivity index (χ0v) is 14.2. The molecule has 0 heterocycles. The highest BCUT2D eigenvalue weighted by atomic mass is 14.2. The molecular formula is C25H20. The summed E-state index contributed by atoms with van der Waals surface area (Å²) in [6, 6.07) is 19.8. The minimum atomic E-state index is 0.972. The molecule has 3 aromatic carbocycles. The van der Waals surface area contributed by atoms with Gasteiger partial charge in [-0.3, -0.25) is 0 Å². The third-order valence-corrected chi connectivity index (χ3v) is 5.36. The summed E-state index contributed by atoms with van der Waals surface area (Å²) in [7, 11) is 0. The van der Waals surface area contributed by atoms with Crippen molar-refractivity contribution >= 4 is 28.5 Å². The van der Waals surface area contributed by atoms with Crippen molar-refractivity contribution < 1.29 is 0 Å². The summed E-state index contributed by atoms with van der Waals surface area (Å²) in [6.45, 7) is 0. The van der Waals surface area contributed by atoms with E-state index in [9.17, 15) is 0 Å². The highest BCUT2D eigenvalue weighted by Crippen LogP contribution is 2.41. The second-order valence-electron chi connectivity index (χ2n) is 6.89. The Kier molecular flexibility index (Phi) is 3.41. The van der Waals surface area contributed by atoms with Gasteiger partial charge in [-0.05, 0) is 63.4 Å². The molecule has 0 fully saturated rings. The first-order valence-corrected chi connectivity index (χ1v) is 9.05. The molecule has 0 radical (unpaired) electrons. The van der Waals surface area contributed by atoms with Crippen molar-refractivity contribution in [1.82, 2.24) is 0 Å². The largest absolute Gasteiger partial charge is 0.0795 e. The van der Waals surface area contributed by atoms with Crippen LogP contribution in [0.5, 0.6) is 0 Å². The van der Waals surface area contributed by atoms with E-state index in [1.807, 2.05) is 0 Å². The number of hydrogen-bond donors (Lipinski definition) is 0. The van der Waals surface area contributed by atoms with Gasteiger partial charge in [0.05, 0.1) is 0 Å². The van der Waals surface area contributed by atoms with Crippen molar-refractivity contribution in [2.24, 2.45) is 0 Å². The van der Waals surface area contributed by atoms with Crippen LogP contribution in [0.15, 0.2) is 72.8 Å². The van der Waals surface area contributed by atoms with Crippen LogP contribution >= 0.6 is 0 Å². The molecule has 3 aromatic rings. The minimum Gasteiger partial charge on any atom is -0.0795 e. The molecule has 5 rings (SSSR count). The monoisotopic (exact) mass is 320 g/mol. The Balaban J connectivity index is 1.59. The zero-order chi connectivity index (χ0) is 16.6. The zero-order valence-electron chi connectivity index (χ0n) is 14.2. The van der Waals surface area contributed by atoms with Crippen LogP contribution in [0.3, 0.4) is 0 Å². The molecule has 0 saturated heterocycles. The van der Waals surface area contributed by atoms with Gasteiger partial charge < -0.3 is 0 Å². The normalized spacial score (nSPS) is 15.0. The molecule has 0 aromatic heterocycles. The molecular weight excluding hydrogens is 300 g/mol. The number of benzene rings is 3. The minimum absolute atomic E-state index is 0.972. The Morgan fingerprint density at radius 3 is 2.72 bits per heavy atom. The quantitative estimate of drug-likeness (QED) is 0.520. The second kappa shape index (κ2) is 5.89. The standard InChI is InChI=1S/C25H20/c1-2-6-18(7-3-1)8-4-9-19-12-13-22-15-14-20-10-5-11-21-16-17-23(19)25(22)24(20)21/h1-8,11-14,16-17H,9-10,15H2/b8-4+. The van der Waals surface area contributed by atoms with Gasteiger partial charge >= 0.3 is 0 Å². The molecule has 25 heavy (non-hydrogen) atoms. The van der Waals surface area contributed by atoms with E-state index >= 15 is 0 Å². The molecule has 0 bridgehead atoms. The van der Waals surface area contributed by atoms with Crippen LogP contribution in [0.1, 0.15) is 34.2 Å². The first kappa shape index (κ1) is 14.5. The van der Waals surface area contributed by atoms with Gasteiger partial charge in [0, 0.05) is 0 Å². The summed E-state index contributed by atoms with van der Waals surface area (Å²) in [5.41, 5.74) is 8.52. The van der Waals surface area contributed by atoms with E-state index in [1.54, 1.807) is 0 Å². The summed E-state index contributed by atoms with van der Waals surface area (Å²) < 4.78 is 0. The van der Waals surface area contributed by atoms with E-state index in [4.69, 9.17) is 0 Å². The summed E-state index contributed by atoms with van der Waals surface area (Å²) in [5.74, 6) is 0. The lowest BCUT2D eigenvalue weighted by Gasteiger charge is -2.24. The van der Waals surface area contributed by atoms with E-state index in [0.717, 1.165) is 19.3 Å². The van der Waals surface area contributed by atoms with Crippen LogP contribution in [0.4, 0.5) is 0 Å². The van der Waals surface area contributed by atoms with Crippen LogP contribution in [0.2, 0.25) is 0 Å². The van der Waals surface area contributed by atoms with Gasteiger partial charge in [-0.2, -0.15) is 0 Å². The fourth-order valence-electron chi connectivity index (χ4n) is 4.15. The fraction of sp³-hybridized carbons (Fsp3) is 0.120. The van der Waals surface area contributed by atoms with E-state index in [0.29, 0.717) is 0 Å². The van der Waals surface area contributed by atoms with Crippen molar-refractivity contribution in [3.63, 3.8) is 0 Å². The van der Waals surface area contributed by atoms with Crippen molar-refractivity contribution in [2.75, 3.05) is 0 Å². The van der Waals surface area contributed by atoms with Crippen LogP contribution in [-0.2, 0) is 12.8 Å². The van der Waals surface area contributed by atoms with Crippen molar-refractivity contribution in [3.05, 3.63) is 101 Å². The lowest BCUT2D eigenvalue weighted by molar-refractivity contribution is 1.21. The Hall–Kier alpha value is -2.86. The van der Waals surface area contributed by atoms with Crippen LogP contribution < -0.4 is 0 Å². The Bertz CT molecular complexity index is 1050. The lowest BCUT2D eigenvalue weighted by atomic mass is 9.80. The van der Waals surface area contributed by atoms with E-state index in [1.165, 1.54) is 44.2 Å². The van der Waals surface area contributed by atoms with Gasteiger partial charge in [0.1, 0.15) is 0 Å². The van der Waals surface area contributed by atoms with E-state index < -0.39 is 0 Å². The lowest BCUT2D eigenvalue weighted by Crippen LogP contribution is -2.04. The van der Waals surface area contributed by atoms with Crippen LogP contribution in [0, 0.1) is 0 Å². The summed E-state index contributed by atoms with van der Waals surface area (Å²) >= 11 is 0. The average molecular weight is 320 g/mol. The van der Waals surface area contributed by atoms with Gasteiger partial charge in [-0.25, -0.2) is 0 Å². The molecule has 0 atom stereocenters. The van der Waals surface area contributed by atoms with Gasteiger partial charge in [-0.1, -0.05) is 85.0 Å². The van der Waals surface area contributed by atoms with E-state index in [2.05, 4.69) is 85.0 Å². The van der Waals surface area contributed by atoms with Gasteiger partial charge in [0.15, 0.2) is 0 Å². The number of allylic oxidation sites excluding steroid dienone is 4. The molecule has 2 aliphatic rings. The molecule has 0 N–H and O–H groups in total. The fourth-order valence-corrected chi connectivity index (χ4v) is 4.15. The van der Waals surface area contributed by atoms with Crippen molar-refractivity contribution in [3.8, 4) is 0 Å².